The van der Waals surface area contributed by atoms with E-state index in [1.165, 1.54) is 24.3 Å². The number of halogens is 4. The molecular formula is C21H19ClF3N3O2. The zero-order valence-electron chi connectivity index (χ0n) is 16.4. The third kappa shape index (κ3) is 4.94. The summed E-state index contributed by atoms with van der Waals surface area (Å²) in [6.07, 6.45) is -5.01. The Morgan fingerprint density at radius 3 is 2.17 bits per heavy atom. The highest BCUT2D eigenvalue weighted by molar-refractivity contribution is 6.30. The summed E-state index contributed by atoms with van der Waals surface area (Å²) >= 11 is 5.78. The van der Waals surface area contributed by atoms with E-state index >= 15 is 0 Å². The smallest absolute Gasteiger partial charge is 0.406 e. The minimum atomic E-state index is -4.81. The number of carbonyl (C=O) groups excluding carboxylic acids is 1. The predicted octanol–water partition coefficient (Wildman–Crippen LogP) is 6.45. The molecule has 3 aromatic rings. The molecule has 0 atom stereocenters. The third-order valence-electron chi connectivity index (χ3n) is 4.28. The molecule has 0 bridgehead atoms. The molecule has 1 amide bonds. The highest BCUT2D eigenvalue weighted by Gasteiger charge is 2.40. The van der Waals surface area contributed by atoms with Crippen molar-refractivity contribution in [2.45, 2.75) is 32.4 Å². The van der Waals surface area contributed by atoms with Crippen LogP contribution in [0.15, 0.2) is 54.7 Å². The topological polar surface area (TPSA) is 56.1 Å². The number of anilines is 1. The monoisotopic (exact) mass is 437 g/mol. The van der Waals surface area contributed by atoms with E-state index in [0.717, 1.165) is 11.8 Å². The molecule has 30 heavy (non-hydrogen) atoms. The van der Waals surface area contributed by atoms with Crippen molar-refractivity contribution in [3.05, 3.63) is 71.0 Å². The van der Waals surface area contributed by atoms with E-state index in [1.807, 2.05) is 32.9 Å². The number of ether oxygens (including phenoxy) is 1. The molecule has 3 rings (SSSR count). The van der Waals surface area contributed by atoms with Gasteiger partial charge in [0.15, 0.2) is 11.4 Å². The fourth-order valence-corrected chi connectivity index (χ4v) is 2.87. The van der Waals surface area contributed by atoms with Crippen LogP contribution in [0.5, 0.6) is 5.75 Å². The third-order valence-corrected chi connectivity index (χ3v) is 4.53. The molecule has 5 nitrogen and oxygen atoms in total. The van der Waals surface area contributed by atoms with Crippen LogP contribution in [0, 0.1) is 0 Å². The lowest BCUT2D eigenvalue weighted by Gasteiger charge is -2.19. The number of alkyl halides is 3. The van der Waals surface area contributed by atoms with Crippen molar-refractivity contribution in [3.63, 3.8) is 0 Å². The number of benzene rings is 2. The van der Waals surface area contributed by atoms with Gasteiger partial charge in [-0.15, -0.1) is 0 Å². The summed E-state index contributed by atoms with van der Waals surface area (Å²) in [5.74, 6) is -0.707. The normalized spacial score (nSPS) is 12.0. The lowest BCUT2D eigenvalue weighted by molar-refractivity contribution is -0.143. The Labute approximate surface area is 176 Å². The number of hydrogen-bond donors (Lipinski definition) is 1. The number of rotatable bonds is 3. The number of carbonyl (C=O) groups is 1. The molecule has 0 fully saturated rings. The largest absolute Gasteiger partial charge is 0.437 e. The fourth-order valence-electron chi connectivity index (χ4n) is 2.74. The summed E-state index contributed by atoms with van der Waals surface area (Å²) in [5.41, 5.74) is 0.288. The lowest BCUT2D eigenvalue weighted by atomic mass is 9.87. The van der Waals surface area contributed by atoms with Gasteiger partial charge >= 0.3 is 12.3 Å². The van der Waals surface area contributed by atoms with E-state index < -0.39 is 23.7 Å². The number of amides is 1. The molecule has 0 aliphatic rings. The summed E-state index contributed by atoms with van der Waals surface area (Å²) in [6.45, 7) is 6.13. The molecule has 0 saturated heterocycles. The van der Waals surface area contributed by atoms with Crippen molar-refractivity contribution in [2.75, 3.05) is 5.32 Å². The van der Waals surface area contributed by atoms with E-state index in [-0.39, 0.29) is 11.1 Å². The Balaban J connectivity index is 1.82. The minimum absolute atomic E-state index is 0.0725. The Morgan fingerprint density at radius 2 is 1.63 bits per heavy atom. The highest BCUT2D eigenvalue weighted by atomic mass is 35.5. The standard InChI is InChI=1S/C21H19ClF3N3O2/c1-20(2,3)13-4-8-15(9-5-13)27-19(29)30-17-12-26-28(18(17)21(23,24)25)16-10-6-14(22)7-11-16/h4-12H,1-3H3,(H,27,29). The van der Waals surface area contributed by atoms with Crippen LogP contribution in [0.3, 0.4) is 0 Å². The maximum absolute atomic E-state index is 13.6. The summed E-state index contributed by atoms with van der Waals surface area (Å²) in [7, 11) is 0. The van der Waals surface area contributed by atoms with Gasteiger partial charge in [-0.1, -0.05) is 44.5 Å². The van der Waals surface area contributed by atoms with Crippen molar-refractivity contribution < 1.29 is 22.7 Å². The molecule has 158 valence electrons. The van der Waals surface area contributed by atoms with Crippen LogP contribution in [0.25, 0.3) is 5.69 Å². The van der Waals surface area contributed by atoms with Crippen molar-refractivity contribution >= 4 is 23.4 Å². The molecule has 0 unspecified atom stereocenters. The molecule has 1 N–H and O–H groups in total. The van der Waals surface area contributed by atoms with Gasteiger partial charge in [0.25, 0.3) is 0 Å². The van der Waals surface area contributed by atoms with Gasteiger partial charge in [0, 0.05) is 10.7 Å². The van der Waals surface area contributed by atoms with E-state index in [1.54, 1.807) is 12.1 Å². The SMILES string of the molecule is CC(C)(C)c1ccc(NC(=O)Oc2cnn(-c3ccc(Cl)cc3)c2C(F)(F)F)cc1. The van der Waals surface area contributed by atoms with Crippen LogP contribution in [-0.2, 0) is 11.6 Å². The summed E-state index contributed by atoms with van der Waals surface area (Å²) < 4.78 is 46.5. The van der Waals surface area contributed by atoms with Gasteiger partial charge in [0.1, 0.15) is 0 Å². The van der Waals surface area contributed by atoms with E-state index in [0.29, 0.717) is 15.4 Å². The van der Waals surface area contributed by atoms with E-state index in [4.69, 9.17) is 16.3 Å². The Hall–Kier alpha value is -3.00. The summed E-state index contributed by atoms with van der Waals surface area (Å²) in [6, 6.07) is 12.6. The van der Waals surface area contributed by atoms with Crippen molar-refractivity contribution in [1.82, 2.24) is 9.78 Å². The number of aromatic nitrogens is 2. The fraction of sp³-hybridized carbons (Fsp3) is 0.238. The molecule has 2 aromatic carbocycles. The molecule has 1 heterocycles. The van der Waals surface area contributed by atoms with Gasteiger partial charge in [0.2, 0.25) is 0 Å². The van der Waals surface area contributed by atoms with E-state index in [2.05, 4.69) is 10.4 Å². The van der Waals surface area contributed by atoms with Crippen LogP contribution < -0.4 is 10.1 Å². The quantitative estimate of drug-likeness (QED) is 0.512. The van der Waals surface area contributed by atoms with Gasteiger partial charge < -0.3 is 4.74 Å². The summed E-state index contributed by atoms with van der Waals surface area (Å²) in [5, 5.41) is 6.52. The molecule has 0 radical (unpaired) electrons. The molecule has 0 aliphatic heterocycles. The summed E-state index contributed by atoms with van der Waals surface area (Å²) in [4.78, 5) is 12.2. The van der Waals surface area contributed by atoms with Crippen LogP contribution in [0.1, 0.15) is 32.0 Å². The first kappa shape index (κ1) is 21.7. The number of nitrogens with one attached hydrogen (secondary N) is 1. The van der Waals surface area contributed by atoms with E-state index in [9.17, 15) is 18.0 Å². The van der Waals surface area contributed by atoms with Crippen molar-refractivity contribution in [1.29, 1.82) is 0 Å². The maximum atomic E-state index is 13.6. The average Bonchev–Trinajstić information content (AvgIpc) is 3.05. The van der Waals surface area contributed by atoms with Crippen LogP contribution >= 0.6 is 11.6 Å². The first-order valence-corrected chi connectivity index (χ1v) is 9.33. The zero-order chi connectivity index (χ0) is 22.1. The second-order valence-corrected chi connectivity index (χ2v) is 8.02. The molecular weight excluding hydrogens is 419 g/mol. The lowest BCUT2D eigenvalue weighted by Crippen LogP contribution is -2.20. The molecule has 0 aliphatic carbocycles. The minimum Gasteiger partial charge on any atom is -0.406 e. The second-order valence-electron chi connectivity index (χ2n) is 7.59. The zero-order valence-corrected chi connectivity index (χ0v) is 17.2. The Morgan fingerprint density at radius 1 is 1.03 bits per heavy atom. The van der Waals surface area contributed by atoms with Gasteiger partial charge in [0.05, 0.1) is 11.9 Å². The molecule has 9 heteroatoms. The number of nitrogens with zero attached hydrogens (tertiary/aromatic N) is 2. The van der Waals surface area contributed by atoms with Gasteiger partial charge in [-0.05, 0) is 47.4 Å². The van der Waals surface area contributed by atoms with Crippen molar-refractivity contribution in [2.24, 2.45) is 0 Å². The first-order valence-electron chi connectivity index (χ1n) is 8.96. The average molecular weight is 438 g/mol. The number of hydrogen-bond acceptors (Lipinski definition) is 3. The van der Waals surface area contributed by atoms with Gasteiger partial charge in [-0.25, -0.2) is 9.48 Å². The van der Waals surface area contributed by atoms with Gasteiger partial charge in [-0.3, -0.25) is 5.32 Å². The molecule has 0 saturated carbocycles. The van der Waals surface area contributed by atoms with Crippen LogP contribution in [0.4, 0.5) is 23.7 Å². The first-order chi connectivity index (χ1) is 13.9. The Bertz CT molecular complexity index is 1040. The molecule has 1 aromatic heterocycles. The maximum Gasteiger partial charge on any atom is 0.437 e. The van der Waals surface area contributed by atoms with Crippen LogP contribution in [-0.4, -0.2) is 15.9 Å². The molecule has 0 spiro atoms. The van der Waals surface area contributed by atoms with Crippen molar-refractivity contribution in [3.8, 4) is 11.4 Å². The van der Waals surface area contributed by atoms with Crippen LogP contribution in [0.2, 0.25) is 5.02 Å². The Kier molecular flexibility index (Phi) is 5.81. The van der Waals surface area contributed by atoms with Gasteiger partial charge in [-0.2, -0.15) is 18.3 Å². The highest BCUT2D eigenvalue weighted by Crippen LogP contribution is 2.38. The predicted molar refractivity (Wildman–Crippen MR) is 108 cm³/mol. The second kappa shape index (κ2) is 8.02.